The van der Waals surface area contributed by atoms with Crippen LogP contribution < -0.4 is 0 Å². The van der Waals surface area contributed by atoms with Crippen molar-refractivity contribution in [1.29, 1.82) is 0 Å². The van der Waals surface area contributed by atoms with Gasteiger partial charge in [-0.05, 0) is 56.6 Å². The van der Waals surface area contributed by atoms with Gasteiger partial charge < -0.3 is 4.74 Å². The first-order valence-electron chi connectivity index (χ1n) is 7.49. The van der Waals surface area contributed by atoms with Gasteiger partial charge in [0, 0.05) is 17.5 Å². The zero-order valence-corrected chi connectivity index (χ0v) is 11.3. The van der Waals surface area contributed by atoms with Crippen molar-refractivity contribution in [3.8, 4) is 0 Å². The van der Waals surface area contributed by atoms with Crippen molar-refractivity contribution in [3.05, 3.63) is 28.6 Å². The molecule has 1 heterocycles. The number of hydrogen-bond acceptors (Lipinski definition) is 3. The van der Waals surface area contributed by atoms with E-state index in [1.54, 1.807) is 0 Å². The fraction of sp³-hybridized carbons (Fsp3) is 0.625. The summed E-state index contributed by atoms with van der Waals surface area (Å²) in [4.78, 5) is 17.0. The van der Waals surface area contributed by atoms with E-state index in [-0.39, 0.29) is 5.97 Å². The van der Waals surface area contributed by atoms with Gasteiger partial charge in [0.1, 0.15) is 0 Å². The molecule has 0 aliphatic heterocycles. The Labute approximate surface area is 113 Å². The second-order valence-corrected chi connectivity index (χ2v) is 6.10. The molecule has 2 fully saturated rings. The average molecular weight is 257 g/mol. The molecule has 0 N–H and O–H groups in total. The number of nitrogens with zero attached hydrogens (tertiary/aromatic N) is 1. The van der Waals surface area contributed by atoms with Gasteiger partial charge in [-0.15, -0.1) is 0 Å². The summed E-state index contributed by atoms with van der Waals surface area (Å²) < 4.78 is 5.21. The smallest absolute Gasteiger partial charge is 0.339 e. The molecule has 3 heteroatoms. The first-order valence-corrected chi connectivity index (χ1v) is 7.49. The monoisotopic (exact) mass is 257 g/mol. The van der Waals surface area contributed by atoms with Crippen LogP contribution in [0.1, 0.15) is 84.1 Å². The fourth-order valence-electron chi connectivity index (χ4n) is 3.76. The van der Waals surface area contributed by atoms with Gasteiger partial charge in [0.15, 0.2) is 0 Å². The molecule has 2 atom stereocenters. The number of hydrogen-bond donors (Lipinski definition) is 0. The molecule has 100 valence electrons. The van der Waals surface area contributed by atoms with Crippen molar-refractivity contribution >= 4 is 5.97 Å². The summed E-state index contributed by atoms with van der Waals surface area (Å²) in [5.74, 6) is 1.63. The Hall–Kier alpha value is -1.38. The van der Waals surface area contributed by atoms with Gasteiger partial charge in [0.25, 0.3) is 0 Å². The minimum atomic E-state index is -0.178. The predicted molar refractivity (Wildman–Crippen MR) is 71.5 cm³/mol. The van der Waals surface area contributed by atoms with Crippen LogP contribution in [0, 0.1) is 0 Å². The molecule has 19 heavy (non-hydrogen) atoms. The average Bonchev–Trinajstić information content (AvgIpc) is 3.07. The van der Waals surface area contributed by atoms with Crippen molar-refractivity contribution in [3.63, 3.8) is 0 Å². The summed E-state index contributed by atoms with van der Waals surface area (Å²) in [5, 5.41) is 0. The molecule has 2 saturated carbocycles. The minimum absolute atomic E-state index is 0.178. The molecular formula is C16H19NO2. The third kappa shape index (κ3) is 1.71. The SMILES string of the molecule is CCOC(=O)c1cc2c(nc1C1CC1)C1CCC2C1. The minimum Gasteiger partial charge on any atom is -0.462 e. The molecule has 0 radical (unpaired) electrons. The molecule has 3 aliphatic carbocycles. The fourth-order valence-corrected chi connectivity index (χ4v) is 3.76. The topological polar surface area (TPSA) is 39.2 Å². The van der Waals surface area contributed by atoms with Crippen molar-refractivity contribution < 1.29 is 9.53 Å². The number of carbonyl (C=O) groups excluding carboxylic acids is 1. The van der Waals surface area contributed by atoms with Gasteiger partial charge in [-0.2, -0.15) is 0 Å². The highest BCUT2D eigenvalue weighted by Crippen LogP contribution is 2.53. The highest BCUT2D eigenvalue weighted by atomic mass is 16.5. The maximum absolute atomic E-state index is 12.1. The maximum atomic E-state index is 12.1. The Morgan fingerprint density at radius 2 is 1.95 bits per heavy atom. The number of aromatic nitrogens is 1. The molecule has 2 unspecified atom stereocenters. The molecular weight excluding hydrogens is 238 g/mol. The number of carbonyl (C=O) groups is 1. The zero-order chi connectivity index (χ0) is 13.0. The lowest BCUT2D eigenvalue weighted by Gasteiger charge is -2.17. The molecule has 4 rings (SSSR count). The van der Waals surface area contributed by atoms with Crippen molar-refractivity contribution in [1.82, 2.24) is 4.98 Å². The lowest BCUT2D eigenvalue weighted by molar-refractivity contribution is 0.0524. The standard InChI is InChI=1S/C16H19NO2/c1-2-19-16(18)13-8-12-10-5-6-11(7-10)15(12)17-14(13)9-3-4-9/h8-11H,2-7H2,1H3. The molecule has 2 bridgehead atoms. The van der Waals surface area contributed by atoms with E-state index in [0.717, 1.165) is 11.3 Å². The van der Waals surface area contributed by atoms with Gasteiger partial charge in [-0.3, -0.25) is 4.98 Å². The van der Waals surface area contributed by atoms with Gasteiger partial charge >= 0.3 is 5.97 Å². The lowest BCUT2D eigenvalue weighted by atomic mass is 9.93. The van der Waals surface area contributed by atoms with Crippen LogP contribution in [0.2, 0.25) is 0 Å². The van der Waals surface area contributed by atoms with E-state index < -0.39 is 0 Å². The summed E-state index contributed by atoms with van der Waals surface area (Å²) >= 11 is 0. The van der Waals surface area contributed by atoms with Gasteiger partial charge in [-0.1, -0.05) is 0 Å². The highest BCUT2D eigenvalue weighted by molar-refractivity contribution is 5.91. The Morgan fingerprint density at radius 3 is 2.68 bits per heavy atom. The Bertz CT molecular complexity index is 548. The normalized spacial score (nSPS) is 27.4. The Balaban J connectivity index is 1.81. The number of rotatable bonds is 3. The maximum Gasteiger partial charge on any atom is 0.339 e. The lowest BCUT2D eigenvalue weighted by Crippen LogP contribution is -2.13. The van der Waals surface area contributed by atoms with E-state index in [9.17, 15) is 4.79 Å². The zero-order valence-electron chi connectivity index (χ0n) is 11.3. The van der Waals surface area contributed by atoms with E-state index in [1.165, 1.54) is 43.4 Å². The summed E-state index contributed by atoms with van der Waals surface area (Å²) in [6.45, 7) is 2.30. The predicted octanol–water partition coefficient (Wildman–Crippen LogP) is 3.50. The van der Waals surface area contributed by atoms with Crippen LogP contribution in [0.5, 0.6) is 0 Å². The van der Waals surface area contributed by atoms with Crippen molar-refractivity contribution in [2.24, 2.45) is 0 Å². The molecule has 3 aliphatic rings. The van der Waals surface area contributed by atoms with E-state index in [4.69, 9.17) is 9.72 Å². The first-order chi connectivity index (χ1) is 9.28. The van der Waals surface area contributed by atoms with Crippen LogP contribution in [0.3, 0.4) is 0 Å². The van der Waals surface area contributed by atoms with Gasteiger partial charge in [0.2, 0.25) is 0 Å². The quantitative estimate of drug-likeness (QED) is 0.778. The largest absolute Gasteiger partial charge is 0.462 e. The molecule has 0 aromatic carbocycles. The summed E-state index contributed by atoms with van der Waals surface area (Å²) in [5.41, 5.74) is 4.40. The van der Waals surface area contributed by atoms with Crippen LogP contribution in [0.4, 0.5) is 0 Å². The Kier molecular flexibility index (Phi) is 2.44. The van der Waals surface area contributed by atoms with E-state index in [1.807, 2.05) is 6.92 Å². The van der Waals surface area contributed by atoms with Crippen LogP contribution in [-0.4, -0.2) is 17.6 Å². The second kappa shape index (κ2) is 4.06. The summed E-state index contributed by atoms with van der Waals surface area (Å²) in [6, 6.07) is 2.11. The second-order valence-electron chi connectivity index (χ2n) is 6.10. The molecule has 0 spiro atoms. The summed E-state index contributed by atoms with van der Waals surface area (Å²) in [6.07, 6.45) is 6.15. The molecule has 3 nitrogen and oxygen atoms in total. The first kappa shape index (κ1) is 11.4. The third-order valence-electron chi connectivity index (χ3n) is 4.83. The molecule has 0 saturated heterocycles. The molecule has 0 amide bonds. The number of pyridine rings is 1. The number of esters is 1. The van der Waals surface area contributed by atoms with Gasteiger partial charge in [-0.25, -0.2) is 4.79 Å². The van der Waals surface area contributed by atoms with Crippen molar-refractivity contribution in [2.45, 2.75) is 56.8 Å². The molecule has 1 aromatic rings. The summed E-state index contributed by atoms with van der Waals surface area (Å²) in [7, 11) is 0. The van der Waals surface area contributed by atoms with E-state index in [0.29, 0.717) is 24.4 Å². The van der Waals surface area contributed by atoms with Crippen LogP contribution >= 0.6 is 0 Å². The highest BCUT2D eigenvalue weighted by Gasteiger charge is 2.41. The van der Waals surface area contributed by atoms with Crippen LogP contribution in [0.15, 0.2) is 6.07 Å². The third-order valence-corrected chi connectivity index (χ3v) is 4.83. The van der Waals surface area contributed by atoms with Gasteiger partial charge in [0.05, 0.1) is 17.9 Å². The van der Waals surface area contributed by atoms with Crippen LogP contribution in [0.25, 0.3) is 0 Å². The van der Waals surface area contributed by atoms with Crippen molar-refractivity contribution in [2.75, 3.05) is 6.61 Å². The molecule has 1 aromatic heterocycles. The Morgan fingerprint density at radius 1 is 1.21 bits per heavy atom. The van der Waals surface area contributed by atoms with Crippen LogP contribution in [-0.2, 0) is 4.74 Å². The number of ether oxygens (including phenoxy) is 1. The van der Waals surface area contributed by atoms with E-state index in [2.05, 4.69) is 6.07 Å². The number of fused-ring (bicyclic) bond motifs is 5. The van der Waals surface area contributed by atoms with E-state index >= 15 is 0 Å².